The smallest absolute Gasteiger partial charge is 0.265 e. The first-order valence-electron chi connectivity index (χ1n) is 4.40. The summed E-state index contributed by atoms with van der Waals surface area (Å²) in [6.45, 7) is 0. The second kappa shape index (κ2) is 3.58. The Balaban J connectivity index is 2.39. The van der Waals surface area contributed by atoms with Gasteiger partial charge >= 0.3 is 0 Å². The maximum absolute atomic E-state index is 11.7. The van der Waals surface area contributed by atoms with E-state index in [2.05, 4.69) is 0 Å². The van der Waals surface area contributed by atoms with E-state index in [0.29, 0.717) is 6.20 Å². The Morgan fingerprint density at radius 1 is 1.12 bits per heavy atom. The molecule has 1 aliphatic heterocycles. The van der Waals surface area contributed by atoms with Gasteiger partial charge in [-0.3, -0.25) is 19.7 Å². The first-order valence-corrected chi connectivity index (χ1v) is 4.40. The molecular weight excluding hydrogens is 212 g/mol. The SMILES string of the molecule is O=C1c2ccccc2C(=O)N1/C=C/[N+](=O)[O-]. The second-order valence-corrected chi connectivity index (χ2v) is 3.11. The van der Waals surface area contributed by atoms with Crippen molar-refractivity contribution in [2.45, 2.75) is 0 Å². The van der Waals surface area contributed by atoms with Crippen molar-refractivity contribution in [2.75, 3.05) is 0 Å². The molecule has 6 heteroatoms. The quantitative estimate of drug-likeness (QED) is 0.421. The van der Waals surface area contributed by atoms with Crippen molar-refractivity contribution in [3.05, 3.63) is 57.9 Å². The number of carbonyl (C=O) groups excluding carboxylic acids is 2. The Kier molecular flexibility index (Phi) is 2.24. The van der Waals surface area contributed by atoms with Crippen LogP contribution in [0, 0.1) is 10.1 Å². The summed E-state index contributed by atoms with van der Waals surface area (Å²) < 4.78 is 0. The van der Waals surface area contributed by atoms with Crippen molar-refractivity contribution in [3.63, 3.8) is 0 Å². The molecule has 2 amide bonds. The lowest BCUT2D eigenvalue weighted by molar-refractivity contribution is -0.403. The van der Waals surface area contributed by atoms with E-state index in [1.165, 1.54) is 12.1 Å². The van der Waals surface area contributed by atoms with Gasteiger partial charge in [-0.25, -0.2) is 4.90 Å². The first kappa shape index (κ1) is 10.0. The number of hydrogen-bond donors (Lipinski definition) is 0. The number of carbonyl (C=O) groups is 2. The molecule has 0 fully saturated rings. The summed E-state index contributed by atoms with van der Waals surface area (Å²) in [6, 6.07) is 6.28. The van der Waals surface area contributed by atoms with Crippen molar-refractivity contribution >= 4 is 11.8 Å². The van der Waals surface area contributed by atoms with Gasteiger partial charge in [0.05, 0.1) is 22.3 Å². The molecular formula is C10H6N2O4. The Hall–Kier alpha value is -2.50. The molecule has 0 atom stereocenters. The number of nitro groups is 1. The Labute approximate surface area is 89.9 Å². The fourth-order valence-electron chi connectivity index (χ4n) is 1.46. The third kappa shape index (κ3) is 1.46. The molecule has 0 saturated carbocycles. The molecule has 2 rings (SSSR count). The standard InChI is InChI=1S/C10H6N2O4/c13-9-7-3-1-2-4-8(7)10(14)11(9)5-6-12(15)16/h1-6H/b6-5+. The van der Waals surface area contributed by atoms with Gasteiger partial charge in [-0.15, -0.1) is 0 Å². The summed E-state index contributed by atoms with van der Waals surface area (Å²) in [4.78, 5) is 33.4. The van der Waals surface area contributed by atoms with Crippen LogP contribution in [0.25, 0.3) is 0 Å². The van der Waals surface area contributed by atoms with Crippen LogP contribution in [0.5, 0.6) is 0 Å². The van der Waals surface area contributed by atoms with Crippen LogP contribution in [0.15, 0.2) is 36.7 Å². The van der Waals surface area contributed by atoms with Crippen molar-refractivity contribution in [1.29, 1.82) is 0 Å². The second-order valence-electron chi connectivity index (χ2n) is 3.11. The average molecular weight is 218 g/mol. The summed E-state index contributed by atoms with van der Waals surface area (Å²) in [5.41, 5.74) is 0.529. The largest absolute Gasteiger partial charge is 0.268 e. The third-order valence-corrected chi connectivity index (χ3v) is 2.16. The zero-order chi connectivity index (χ0) is 11.7. The predicted molar refractivity (Wildman–Crippen MR) is 53.1 cm³/mol. The lowest BCUT2D eigenvalue weighted by Crippen LogP contribution is -2.23. The molecule has 0 N–H and O–H groups in total. The van der Waals surface area contributed by atoms with Gasteiger partial charge in [0.15, 0.2) is 0 Å². The van der Waals surface area contributed by atoms with Crippen molar-refractivity contribution in [2.24, 2.45) is 0 Å². The summed E-state index contributed by atoms with van der Waals surface area (Å²) in [7, 11) is 0. The van der Waals surface area contributed by atoms with E-state index in [9.17, 15) is 19.7 Å². The van der Waals surface area contributed by atoms with Crippen LogP contribution >= 0.6 is 0 Å². The zero-order valence-corrected chi connectivity index (χ0v) is 7.99. The highest BCUT2D eigenvalue weighted by molar-refractivity contribution is 6.21. The molecule has 0 bridgehead atoms. The van der Waals surface area contributed by atoms with Crippen molar-refractivity contribution in [1.82, 2.24) is 4.90 Å². The van der Waals surface area contributed by atoms with Gasteiger partial charge in [0.1, 0.15) is 0 Å². The molecule has 1 aromatic carbocycles. The molecule has 0 spiro atoms. The van der Waals surface area contributed by atoms with E-state index in [1.807, 2.05) is 0 Å². The van der Waals surface area contributed by atoms with Gasteiger partial charge < -0.3 is 0 Å². The van der Waals surface area contributed by atoms with Crippen LogP contribution in [0.2, 0.25) is 0 Å². The van der Waals surface area contributed by atoms with E-state index in [4.69, 9.17) is 0 Å². The van der Waals surface area contributed by atoms with Gasteiger partial charge in [-0.1, -0.05) is 12.1 Å². The van der Waals surface area contributed by atoms with Gasteiger partial charge in [0.2, 0.25) is 0 Å². The Morgan fingerprint density at radius 2 is 1.62 bits per heavy atom. The normalized spacial score (nSPS) is 14.6. The molecule has 0 radical (unpaired) electrons. The maximum Gasteiger partial charge on any atom is 0.265 e. The summed E-state index contributed by atoms with van der Waals surface area (Å²) in [5, 5.41) is 10.1. The molecule has 6 nitrogen and oxygen atoms in total. The van der Waals surface area contributed by atoms with E-state index >= 15 is 0 Å². The molecule has 0 aliphatic carbocycles. The summed E-state index contributed by atoms with van der Waals surface area (Å²) >= 11 is 0. The number of amides is 2. The minimum absolute atomic E-state index is 0.264. The minimum Gasteiger partial charge on any atom is -0.268 e. The van der Waals surface area contributed by atoms with Gasteiger partial charge in [-0.2, -0.15) is 0 Å². The van der Waals surface area contributed by atoms with Crippen LogP contribution < -0.4 is 0 Å². The fourth-order valence-corrected chi connectivity index (χ4v) is 1.46. The van der Waals surface area contributed by atoms with E-state index in [-0.39, 0.29) is 11.1 Å². The highest BCUT2D eigenvalue weighted by Crippen LogP contribution is 2.22. The lowest BCUT2D eigenvalue weighted by atomic mass is 10.1. The predicted octanol–water partition coefficient (Wildman–Crippen LogP) is 1.03. The Morgan fingerprint density at radius 3 is 2.06 bits per heavy atom. The van der Waals surface area contributed by atoms with Crippen molar-refractivity contribution < 1.29 is 14.5 Å². The summed E-state index contributed by atoms with van der Waals surface area (Å²) in [5.74, 6) is -1.09. The van der Waals surface area contributed by atoms with Crippen LogP contribution in [-0.4, -0.2) is 21.6 Å². The number of nitrogens with zero attached hydrogens (tertiary/aromatic N) is 2. The molecule has 1 aromatic rings. The van der Waals surface area contributed by atoms with Gasteiger partial charge in [-0.05, 0) is 12.1 Å². The van der Waals surface area contributed by atoms with E-state index in [1.54, 1.807) is 12.1 Å². The monoisotopic (exact) mass is 218 g/mol. The highest BCUT2D eigenvalue weighted by atomic mass is 16.6. The number of hydrogen-bond acceptors (Lipinski definition) is 4. The molecule has 80 valence electrons. The third-order valence-electron chi connectivity index (χ3n) is 2.16. The highest BCUT2D eigenvalue weighted by Gasteiger charge is 2.34. The number of imide groups is 1. The fraction of sp³-hybridized carbons (Fsp3) is 0. The zero-order valence-electron chi connectivity index (χ0n) is 7.99. The van der Waals surface area contributed by atoms with Gasteiger partial charge in [0, 0.05) is 0 Å². The van der Waals surface area contributed by atoms with Crippen LogP contribution in [0.1, 0.15) is 20.7 Å². The molecule has 16 heavy (non-hydrogen) atoms. The minimum atomic E-state index is -0.733. The Bertz CT molecular complexity index is 486. The summed E-state index contributed by atoms with van der Waals surface area (Å²) in [6.07, 6.45) is 1.42. The van der Waals surface area contributed by atoms with E-state index in [0.717, 1.165) is 11.1 Å². The average Bonchev–Trinajstić information content (AvgIpc) is 2.50. The number of rotatable bonds is 2. The molecule has 0 unspecified atom stereocenters. The molecule has 0 saturated heterocycles. The molecule has 0 aromatic heterocycles. The molecule has 1 heterocycles. The van der Waals surface area contributed by atoms with Gasteiger partial charge in [0.25, 0.3) is 18.0 Å². The van der Waals surface area contributed by atoms with E-state index < -0.39 is 16.7 Å². The molecule has 1 aliphatic rings. The number of benzene rings is 1. The van der Waals surface area contributed by atoms with Crippen molar-refractivity contribution in [3.8, 4) is 0 Å². The number of fused-ring (bicyclic) bond motifs is 1. The van der Waals surface area contributed by atoms with Crippen LogP contribution in [0.4, 0.5) is 0 Å². The van der Waals surface area contributed by atoms with Crippen LogP contribution in [0.3, 0.4) is 0 Å². The lowest BCUT2D eigenvalue weighted by Gasteiger charge is -2.03. The first-order chi connectivity index (χ1) is 7.61. The topological polar surface area (TPSA) is 80.5 Å². The van der Waals surface area contributed by atoms with Crippen LogP contribution in [-0.2, 0) is 0 Å². The maximum atomic E-state index is 11.7.